The minimum atomic E-state index is -3.95. The van der Waals surface area contributed by atoms with Crippen LogP contribution in [0.25, 0.3) is 11.0 Å². The molecule has 0 spiro atoms. The van der Waals surface area contributed by atoms with Gasteiger partial charge >= 0.3 is 0 Å². The summed E-state index contributed by atoms with van der Waals surface area (Å²) in [6.07, 6.45) is 3.07. The van der Waals surface area contributed by atoms with E-state index in [-0.39, 0.29) is 27.4 Å². The van der Waals surface area contributed by atoms with Crippen molar-refractivity contribution in [1.29, 1.82) is 0 Å². The minimum absolute atomic E-state index is 0.0708. The Morgan fingerprint density at radius 3 is 2.53 bits per heavy atom. The summed E-state index contributed by atoms with van der Waals surface area (Å²) in [5.41, 5.74) is 5.46. The highest BCUT2D eigenvalue weighted by atomic mass is 32.2. The molecule has 0 saturated heterocycles. The van der Waals surface area contributed by atoms with Gasteiger partial charge in [0.25, 0.3) is 21.5 Å². The molecule has 1 amide bonds. The number of hydrogen-bond acceptors (Lipinski definition) is 8. The van der Waals surface area contributed by atoms with Crippen LogP contribution in [0.1, 0.15) is 30.8 Å². The summed E-state index contributed by atoms with van der Waals surface area (Å²) in [5, 5.41) is 11.4. The molecule has 0 aliphatic heterocycles. The third kappa shape index (κ3) is 4.53. The van der Waals surface area contributed by atoms with Crippen LogP contribution in [-0.4, -0.2) is 44.2 Å². The summed E-state index contributed by atoms with van der Waals surface area (Å²) in [7, 11) is -2.38. The number of pyridine rings is 1. The first-order chi connectivity index (χ1) is 13.9. The van der Waals surface area contributed by atoms with Crippen molar-refractivity contribution in [3.8, 4) is 0 Å². The molecule has 0 bridgehead atoms. The summed E-state index contributed by atoms with van der Waals surface area (Å²) in [5.74, 6) is -0.665. The number of primary sulfonamides is 1. The topological polar surface area (TPSA) is 181 Å². The van der Waals surface area contributed by atoms with Gasteiger partial charge in [0.2, 0.25) is 0 Å². The Balaban J connectivity index is 1.95. The minimum Gasteiger partial charge on any atom is -0.325 e. The second-order valence-electron chi connectivity index (χ2n) is 7.54. The fourth-order valence-corrected chi connectivity index (χ4v) is 3.18. The van der Waals surface area contributed by atoms with E-state index in [1.54, 1.807) is 7.05 Å². The maximum Gasteiger partial charge on any atom is 0.277 e. The molecule has 12 nitrogen and oxygen atoms in total. The summed E-state index contributed by atoms with van der Waals surface area (Å²) >= 11 is 0. The Labute approximate surface area is 172 Å². The maximum absolute atomic E-state index is 12.9. The van der Waals surface area contributed by atoms with Crippen molar-refractivity contribution in [1.82, 2.24) is 24.3 Å². The van der Waals surface area contributed by atoms with Crippen molar-refractivity contribution < 1.29 is 13.2 Å². The molecule has 3 rings (SSSR count). The lowest BCUT2D eigenvalue weighted by atomic mass is 10.0. The molecule has 5 N–H and O–H groups in total. The normalized spacial score (nSPS) is 12.3. The Hall–Kier alpha value is -3.16. The molecule has 0 radical (unpaired) electrons. The van der Waals surface area contributed by atoms with E-state index in [4.69, 9.17) is 10.9 Å². The smallest absolute Gasteiger partial charge is 0.277 e. The Kier molecular flexibility index (Phi) is 5.45. The number of rotatable bonds is 6. The summed E-state index contributed by atoms with van der Waals surface area (Å²) < 4.78 is 25.3. The van der Waals surface area contributed by atoms with Crippen molar-refractivity contribution in [2.24, 2.45) is 17.9 Å². The largest absolute Gasteiger partial charge is 0.325 e. The molecule has 0 atom stereocenters. The van der Waals surface area contributed by atoms with Crippen LogP contribution in [0, 0.1) is 0 Å². The fraction of sp³-hybridized carbons (Fsp3) is 0.353. The van der Waals surface area contributed by atoms with Gasteiger partial charge < -0.3 is 11.1 Å². The number of carbonyl (C=O) groups is 1. The van der Waals surface area contributed by atoms with Crippen molar-refractivity contribution in [2.45, 2.75) is 37.4 Å². The lowest BCUT2D eigenvalue weighted by Crippen LogP contribution is -2.35. The molecule has 0 aromatic carbocycles. The van der Waals surface area contributed by atoms with E-state index >= 15 is 0 Å². The van der Waals surface area contributed by atoms with Crippen molar-refractivity contribution >= 4 is 32.7 Å². The maximum atomic E-state index is 12.9. The first-order valence-electron chi connectivity index (χ1n) is 8.88. The summed E-state index contributed by atoms with van der Waals surface area (Å²) in [4.78, 5) is 33.6. The lowest BCUT2D eigenvalue weighted by Gasteiger charge is -2.18. The quantitative estimate of drug-likeness (QED) is 0.466. The van der Waals surface area contributed by atoms with E-state index in [1.165, 1.54) is 21.6 Å². The van der Waals surface area contributed by atoms with Gasteiger partial charge in [-0.1, -0.05) is 0 Å². The predicted molar refractivity (Wildman–Crippen MR) is 109 cm³/mol. The average Bonchev–Trinajstić information content (AvgIpc) is 2.98. The number of anilines is 1. The van der Waals surface area contributed by atoms with E-state index in [2.05, 4.69) is 20.4 Å². The van der Waals surface area contributed by atoms with E-state index in [0.29, 0.717) is 13.0 Å². The van der Waals surface area contributed by atoms with Crippen molar-refractivity contribution in [3.63, 3.8) is 0 Å². The van der Waals surface area contributed by atoms with Crippen LogP contribution in [0.4, 0.5) is 5.69 Å². The monoisotopic (exact) mass is 434 g/mol. The number of nitrogens with zero attached hydrogens (tertiary/aromatic N) is 5. The van der Waals surface area contributed by atoms with Gasteiger partial charge in [-0.05, 0) is 32.4 Å². The molecule has 3 aromatic rings. The highest BCUT2D eigenvalue weighted by Gasteiger charge is 2.22. The van der Waals surface area contributed by atoms with Crippen LogP contribution < -0.4 is 21.7 Å². The third-order valence-electron chi connectivity index (χ3n) is 4.31. The molecule has 3 aromatic heterocycles. The second kappa shape index (κ2) is 7.59. The van der Waals surface area contributed by atoms with E-state index in [0.717, 1.165) is 12.3 Å². The Morgan fingerprint density at radius 1 is 1.27 bits per heavy atom. The van der Waals surface area contributed by atoms with Crippen LogP contribution in [0.2, 0.25) is 0 Å². The fourth-order valence-electron chi connectivity index (χ4n) is 2.72. The van der Waals surface area contributed by atoms with Gasteiger partial charge in [0.1, 0.15) is 5.39 Å². The van der Waals surface area contributed by atoms with Crippen LogP contribution in [0.5, 0.6) is 0 Å². The molecule has 0 saturated carbocycles. The van der Waals surface area contributed by atoms with Gasteiger partial charge in [0, 0.05) is 19.1 Å². The number of carbonyl (C=O) groups excluding carboxylic acids is 1. The Bertz CT molecular complexity index is 1270. The van der Waals surface area contributed by atoms with Crippen LogP contribution in [0.15, 0.2) is 34.5 Å². The highest BCUT2D eigenvalue weighted by Crippen LogP contribution is 2.15. The number of aryl methyl sites for hydroxylation is 2. The molecule has 0 fully saturated rings. The van der Waals surface area contributed by atoms with Crippen LogP contribution in [0.3, 0.4) is 0 Å². The first-order valence-corrected chi connectivity index (χ1v) is 10.4. The number of hydrogen-bond donors (Lipinski definition) is 3. The third-order valence-corrected chi connectivity index (χ3v) is 5.13. The number of nitrogens with one attached hydrogen (secondary N) is 1. The van der Waals surface area contributed by atoms with Crippen LogP contribution in [-0.2, 0) is 23.6 Å². The van der Waals surface area contributed by atoms with E-state index < -0.39 is 27.0 Å². The number of sulfonamides is 1. The highest BCUT2D eigenvalue weighted by molar-refractivity contribution is 7.89. The van der Waals surface area contributed by atoms with Gasteiger partial charge in [-0.3, -0.25) is 14.2 Å². The molecular formula is C17H22N8O4S. The van der Waals surface area contributed by atoms with Crippen molar-refractivity contribution in [3.05, 3.63) is 40.7 Å². The van der Waals surface area contributed by atoms with Gasteiger partial charge in [-0.15, -0.1) is 0 Å². The Morgan fingerprint density at radius 2 is 1.97 bits per heavy atom. The molecule has 0 aliphatic rings. The molecule has 0 aliphatic carbocycles. The van der Waals surface area contributed by atoms with Gasteiger partial charge in [0.15, 0.2) is 16.4 Å². The molecule has 160 valence electrons. The summed E-state index contributed by atoms with van der Waals surface area (Å²) in [6, 6.07) is 2.49. The SMILES string of the molecule is Cn1nc(C(=O)Nc2ccc(S(N)(=O)=O)nc2)c2c(=O)n(CCC(C)(C)N)cnc21. The predicted octanol–water partition coefficient (Wildman–Crippen LogP) is -0.448. The zero-order valence-corrected chi connectivity index (χ0v) is 17.5. The van der Waals surface area contributed by atoms with Gasteiger partial charge in [-0.25, -0.2) is 28.2 Å². The standard InChI is InChI=1S/C17H22N8O4S/c1-17(2,18)6-7-25-9-21-14-12(16(25)27)13(23-24(14)3)15(26)22-10-4-5-11(20-8-10)30(19,28)29/h4-5,8-9H,6-7,18H2,1-3H3,(H,22,26)(H2,19,28,29). The average molecular weight is 434 g/mol. The van der Waals surface area contributed by atoms with E-state index in [1.807, 2.05) is 13.8 Å². The number of aromatic nitrogens is 5. The number of amides is 1. The van der Waals surface area contributed by atoms with Gasteiger partial charge in [-0.2, -0.15) is 5.10 Å². The molecule has 0 unspecified atom stereocenters. The van der Waals surface area contributed by atoms with Gasteiger partial charge in [0.05, 0.1) is 18.2 Å². The second-order valence-corrected chi connectivity index (χ2v) is 9.05. The molecular weight excluding hydrogens is 412 g/mol. The molecule has 3 heterocycles. The molecule has 30 heavy (non-hydrogen) atoms. The number of fused-ring (bicyclic) bond motifs is 1. The van der Waals surface area contributed by atoms with Crippen LogP contribution >= 0.6 is 0 Å². The van der Waals surface area contributed by atoms with Crippen molar-refractivity contribution in [2.75, 3.05) is 5.32 Å². The number of nitrogens with two attached hydrogens (primary N) is 2. The van der Waals surface area contributed by atoms with E-state index in [9.17, 15) is 18.0 Å². The lowest BCUT2D eigenvalue weighted by molar-refractivity contribution is 0.102. The first kappa shape index (κ1) is 21.5. The zero-order chi connectivity index (χ0) is 22.3. The molecule has 13 heteroatoms. The summed E-state index contributed by atoms with van der Waals surface area (Å²) in [6.45, 7) is 4.03. The zero-order valence-electron chi connectivity index (χ0n) is 16.7.